The molecule has 0 spiro atoms. The molecule has 1 fully saturated rings. The number of hydrogen-bond donors (Lipinski definition) is 0. The summed E-state index contributed by atoms with van der Waals surface area (Å²) in [6.45, 7) is 0.309. The number of carbonyl (C=O) groups excluding carboxylic acids is 1. The van der Waals surface area contributed by atoms with Gasteiger partial charge in [-0.3, -0.25) is 9.59 Å². The van der Waals surface area contributed by atoms with Crippen LogP contribution in [0, 0.1) is 5.82 Å². The van der Waals surface area contributed by atoms with Crippen molar-refractivity contribution in [3.63, 3.8) is 0 Å². The van der Waals surface area contributed by atoms with E-state index in [2.05, 4.69) is 0 Å². The summed E-state index contributed by atoms with van der Waals surface area (Å²) in [7, 11) is 0. The first-order valence-electron chi connectivity index (χ1n) is 8.42. The average Bonchev–Trinajstić information content (AvgIpc) is 3.26. The Morgan fingerprint density at radius 1 is 1.33 bits per heavy atom. The van der Waals surface area contributed by atoms with Crippen molar-refractivity contribution < 1.29 is 13.6 Å². The van der Waals surface area contributed by atoms with Gasteiger partial charge in [-0.25, -0.2) is 8.78 Å². The van der Waals surface area contributed by atoms with E-state index >= 15 is 0 Å². The molecule has 1 aliphatic rings. The van der Waals surface area contributed by atoms with Gasteiger partial charge in [0, 0.05) is 28.4 Å². The zero-order chi connectivity index (χ0) is 19.1. The molecule has 0 saturated carbocycles. The Balaban J connectivity index is 1.72. The zero-order valence-corrected chi connectivity index (χ0v) is 15.7. The number of carbonyl (C=O) groups is 1. The van der Waals surface area contributed by atoms with E-state index in [0.717, 1.165) is 4.70 Å². The van der Waals surface area contributed by atoms with Gasteiger partial charge in [0.25, 0.3) is 5.56 Å². The highest BCUT2D eigenvalue weighted by molar-refractivity contribution is 7.17. The molecule has 140 valence electrons. The number of benzene rings is 1. The smallest absolute Gasteiger partial charge is 0.260 e. The molecule has 1 atom stereocenters. The Kier molecular flexibility index (Phi) is 4.74. The molecule has 0 unspecified atom stereocenters. The third-order valence-electron chi connectivity index (χ3n) is 4.72. The molecule has 0 radical (unpaired) electrons. The molecule has 8 heteroatoms. The van der Waals surface area contributed by atoms with Gasteiger partial charge < -0.3 is 9.47 Å². The largest absolute Gasteiger partial charge is 0.338 e. The van der Waals surface area contributed by atoms with E-state index < -0.39 is 12.0 Å². The molecule has 1 amide bonds. The van der Waals surface area contributed by atoms with Gasteiger partial charge in [0.05, 0.1) is 17.0 Å². The number of pyridine rings is 1. The Hall–Kier alpha value is -2.25. The lowest BCUT2D eigenvalue weighted by molar-refractivity contribution is -0.131. The summed E-state index contributed by atoms with van der Waals surface area (Å²) in [4.78, 5) is 26.8. The van der Waals surface area contributed by atoms with Gasteiger partial charge >= 0.3 is 0 Å². The second-order valence-corrected chi connectivity index (χ2v) is 7.81. The maximum Gasteiger partial charge on any atom is 0.260 e. The van der Waals surface area contributed by atoms with Crippen LogP contribution < -0.4 is 5.56 Å². The monoisotopic (exact) mass is 408 g/mol. The van der Waals surface area contributed by atoms with Crippen molar-refractivity contribution in [2.45, 2.75) is 19.1 Å². The first-order valence-corrected chi connectivity index (χ1v) is 9.67. The van der Waals surface area contributed by atoms with E-state index in [4.69, 9.17) is 11.6 Å². The van der Waals surface area contributed by atoms with Gasteiger partial charge in [-0.05, 0) is 30.2 Å². The number of likely N-dealkylation sites (tertiary alicyclic amines) is 1. The molecule has 1 aliphatic heterocycles. The van der Waals surface area contributed by atoms with Crippen LogP contribution in [-0.2, 0) is 11.3 Å². The summed E-state index contributed by atoms with van der Waals surface area (Å²) >= 11 is 7.26. The van der Waals surface area contributed by atoms with Crippen LogP contribution in [0.2, 0.25) is 5.02 Å². The lowest BCUT2D eigenvalue weighted by atomic mass is 10.1. The van der Waals surface area contributed by atoms with Crippen LogP contribution in [0.5, 0.6) is 0 Å². The standard InChI is InChI=1S/C19H15ClF2N2O2S/c20-14-7-11(1-2-15(14)22)13-10-27-16-4-6-24(19(26)18(13)16)9-17(25)23-5-3-12(21)8-23/h1-2,4,6-7,10,12H,3,5,8-9H2/t12-/m1/s1. The highest BCUT2D eigenvalue weighted by Gasteiger charge is 2.26. The minimum Gasteiger partial charge on any atom is -0.338 e. The maximum atomic E-state index is 13.5. The van der Waals surface area contributed by atoms with Gasteiger partial charge in [0.1, 0.15) is 18.5 Å². The number of rotatable bonds is 3. The van der Waals surface area contributed by atoms with Crippen LogP contribution in [-0.4, -0.2) is 34.6 Å². The number of fused-ring (bicyclic) bond motifs is 1. The van der Waals surface area contributed by atoms with Gasteiger partial charge in [0.15, 0.2) is 0 Å². The van der Waals surface area contributed by atoms with Crippen molar-refractivity contribution in [1.29, 1.82) is 0 Å². The third-order valence-corrected chi connectivity index (χ3v) is 5.96. The second-order valence-electron chi connectivity index (χ2n) is 6.49. The van der Waals surface area contributed by atoms with E-state index in [9.17, 15) is 18.4 Å². The minimum absolute atomic E-state index is 0.0203. The Labute approximate surface area is 162 Å². The highest BCUT2D eigenvalue weighted by Crippen LogP contribution is 2.33. The van der Waals surface area contributed by atoms with Crippen molar-refractivity contribution in [2.75, 3.05) is 13.1 Å². The predicted octanol–water partition coefficient (Wildman–Crippen LogP) is 4.09. The molecule has 27 heavy (non-hydrogen) atoms. The molecule has 0 bridgehead atoms. The summed E-state index contributed by atoms with van der Waals surface area (Å²) in [6.07, 6.45) is 0.906. The third kappa shape index (κ3) is 3.37. The molecule has 0 N–H and O–H groups in total. The number of thiophene rings is 1. The average molecular weight is 409 g/mol. The van der Waals surface area contributed by atoms with E-state index in [0.29, 0.717) is 29.5 Å². The Morgan fingerprint density at radius 2 is 2.15 bits per heavy atom. The number of hydrogen-bond acceptors (Lipinski definition) is 3. The predicted molar refractivity (Wildman–Crippen MR) is 103 cm³/mol. The summed E-state index contributed by atoms with van der Waals surface area (Å²) in [6, 6.07) is 6.07. The molecule has 4 nitrogen and oxygen atoms in total. The van der Waals surface area contributed by atoms with Crippen LogP contribution in [0.1, 0.15) is 6.42 Å². The van der Waals surface area contributed by atoms with Gasteiger partial charge in [-0.1, -0.05) is 17.7 Å². The van der Waals surface area contributed by atoms with Crippen LogP contribution in [0.15, 0.2) is 40.6 Å². The fourth-order valence-corrected chi connectivity index (χ4v) is 4.41. The van der Waals surface area contributed by atoms with E-state index in [-0.39, 0.29) is 29.6 Å². The van der Waals surface area contributed by atoms with Gasteiger partial charge in [0.2, 0.25) is 5.91 Å². The van der Waals surface area contributed by atoms with Crippen molar-refractivity contribution in [3.8, 4) is 11.1 Å². The van der Waals surface area contributed by atoms with Crippen LogP contribution >= 0.6 is 22.9 Å². The lowest BCUT2D eigenvalue weighted by Crippen LogP contribution is -2.35. The number of halogens is 3. The molecule has 0 aliphatic carbocycles. The molecule has 3 heterocycles. The number of alkyl halides is 1. The fourth-order valence-electron chi connectivity index (χ4n) is 3.28. The zero-order valence-electron chi connectivity index (χ0n) is 14.1. The first-order chi connectivity index (χ1) is 12.9. The van der Waals surface area contributed by atoms with E-state index in [1.54, 1.807) is 18.3 Å². The highest BCUT2D eigenvalue weighted by atomic mass is 35.5. The van der Waals surface area contributed by atoms with Crippen LogP contribution in [0.25, 0.3) is 21.2 Å². The second kappa shape index (κ2) is 7.05. The lowest BCUT2D eigenvalue weighted by Gasteiger charge is -2.16. The molecule has 2 aromatic heterocycles. The first kappa shape index (κ1) is 18.1. The number of amides is 1. The quantitative estimate of drug-likeness (QED) is 0.655. The normalized spacial score (nSPS) is 17.0. The van der Waals surface area contributed by atoms with Crippen molar-refractivity contribution in [3.05, 3.63) is 57.0 Å². The summed E-state index contributed by atoms with van der Waals surface area (Å²) in [5, 5.41) is 2.26. The fraction of sp³-hybridized carbons (Fsp3) is 0.263. The SMILES string of the molecule is O=C(Cn1ccc2scc(-c3ccc(F)c(Cl)c3)c2c1=O)N1CC[C@@H](F)C1. The van der Waals surface area contributed by atoms with Crippen LogP contribution in [0.3, 0.4) is 0 Å². The Morgan fingerprint density at radius 3 is 2.85 bits per heavy atom. The molecule has 1 aromatic carbocycles. The van der Waals surface area contributed by atoms with E-state index in [1.807, 2.05) is 5.38 Å². The van der Waals surface area contributed by atoms with Gasteiger partial charge in [-0.15, -0.1) is 11.3 Å². The molecule has 4 rings (SSSR count). The molecular formula is C19H15ClF2N2O2S. The Bertz CT molecular complexity index is 1090. The van der Waals surface area contributed by atoms with E-state index in [1.165, 1.54) is 32.9 Å². The number of nitrogens with zero attached hydrogens (tertiary/aromatic N) is 2. The minimum atomic E-state index is -1.00. The molecular weight excluding hydrogens is 394 g/mol. The van der Waals surface area contributed by atoms with Crippen molar-refractivity contribution >= 4 is 38.9 Å². The summed E-state index contributed by atoms with van der Waals surface area (Å²) in [5.74, 6) is -0.807. The maximum absolute atomic E-state index is 13.5. The topological polar surface area (TPSA) is 42.3 Å². The summed E-state index contributed by atoms with van der Waals surface area (Å²) < 4.78 is 28.9. The van der Waals surface area contributed by atoms with Crippen LogP contribution in [0.4, 0.5) is 8.78 Å². The molecule has 3 aromatic rings. The van der Waals surface area contributed by atoms with Crippen molar-refractivity contribution in [1.82, 2.24) is 9.47 Å². The molecule has 1 saturated heterocycles. The summed E-state index contributed by atoms with van der Waals surface area (Å²) in [5.41, 5.74) is 0.968. The number of aromatic nitrogens is 1. The van der Waals surface area contributed by atoms with Gasteiger partial charge in [-0.2, -0.15) is 0 Å². The van der Waals surface area contributed by atoms with Crippen molar-refractivity contribution in [2.24, 2.45) is 0 Å².